The van der Waals surface area contributed by atoms with Gasteiger partial charge in [0.25, 0.3) is 0 Å². The van der Waals surface area contributed by atoms with Gasteiger partial charge in [-0.3, -0.25) is 4.79 Å². The van der Waals surface area contributed by atoms with Crippen LogP contribution in [0.25, 0.3) is 6.08 Å². The average Bonchev–Trinajstić information content (AvgIpc) is 2.48. The minimum absolute atomic E-state index is 0.0694. The van der Waals surface area contributed by atoms with Gasteiger partial charge in [0.15, 0.2) is 0 Å². The topological polar surface area (TPSA) is 40.9 Å². The Kier molecular flexibility index (Phi) is 4.74. The minimum atomic E-state index is -0.483. The molecule has 0 unspecified atom stereocenters. The van der Waals surface area contributed by atoms with Crippen LogP contribution in [0.1, 0.15) is 15.9 Å². The third kappa shape index (κ3) is 3.69. The molecular formula is C16H8Cl2FNO. The first kappa shape index (κ1) is 15.2. The number of benzene rings is 2. The summed E-state index contributed by atoms with van der Waals surface area (Å²) in [5.74, 6) is -0.929. The normalized spacial score (nSPS) is 11.0. The standard InChI is InChI=1S/C16H8Cl2FNO/c17-14-6-1-10(8-15(14)18)7-12(9-20)16(21)11-2-4-13(19)5-3-11/h1-8H/b12-7+. The van der Waals surface area contributed by atoms with Crippen LogP contribution in [-0.4, -0.2) is 5.78 Å². The van der Waals surface area contributed by atoms with Crippen LogP contribution in [0, 0.1) is 17.1 Å². The van der Waals surface area contributed by atoms with E-state index in [0.29, 0.717) is 15.6 Å². The third-order valence-electron chi connectivity index (χ3n) is 2.73. The lowest BCUT2D eigenvalue weighted by Gasteiger charge is -2.01. The average molecular weight is 320 g/mol. The molecule has 0 bridgehead atoms. The zero-order valence-corrected chi connectivity index (χ0v) is 12.1. The molecule has 0 heterocycles. The van der Waals surface area contributed by atoms with E-state index in [1.807, 2.05) is 6.07 Å². The van der Waals surface area contributed by atoms with E-state index in [0.717, 1.165) is 0 Å². The van der Waals surface area contributed by atoms with Gasteiger partial charge in [-0.1, -0.05) is 29.3 Å². The smallest absolute Gasteiger partial charge is 0.203 e. The molecule has 0 saturated heterocycles. The molecule has 0 aromatic heterocycles. The fourth-order valence-electron chi connectivity index (χ4n) is 1.67. The van der Waals surface area contributed by atoms with Crippen LogP contribution >= 0.6 is 23.2 Å². The van der Waals surface area contributed by atoms with Gasteiger partial charge in [-0.15, -0.1) is 0 Å². The first-order valence-corrected chi connectivity index (χ1v) is 6.64. The highest BCUT2D eigenvalue weighted by Crippen LogP contribution is 2.24. The van der Waals surface area contributed by atoms with Crippen molar-refractivity contribution in [1.82, 2.24) is 0 Å². The summed E-state index contributed by atoms with van der Waals surface area (Å²) < 4.78 is 12.8. The quantitative estimate of drug-likeness (QED) is 0.457. The number of hydrogen-bond acceptors (Lipinski definition) is 2. The van der Waals surface area contributed by atoms with Crippen LogP contribution in [0.2, 0.25) is 10.0 Å². The van der Waals surface area contributed by atoms with Crippen molar-refractivity contribution in [2.45, 2.75) is 0 Å². The second-order valence-electron chi connectivity index (χ2n) is 4.18. The molecule has 0 saturated carbocycles. The number of allylic oxidation sites excluding steroid dienone is 1. The van der Waals surface area contributed by atoms with Crippen molar-refractivity contribution in [3.8, 4) is 6.07 Å². The number of hydrogen-bond donors (Lipinski definition) is 0. The van der Waals surface area contributed by atoms with E-state index >= 15 is 0 Å². The van der Waals surface area contributed by atoms with Crippen LogP contribution in [0.5, 0.6) is 0 Å². The molecule has 0 fully saturated rings. The van der Waals surface area contributed by atoms with Gasteiger partial charge in [0.05, 0.1) is 10.0 Å². The Morgan fingerprint density at radius 1 is 1.10 bits per heavy atom. The Bertz CT molecular complexity index is 761. The van der Waals surface area contributed by atoms with E-state index in [9.17, 15) is 9.18 Å². The van der Waals surface area contributed by atoms with E-state index in [1.165, 1.54) is 30.3 Å². The Balaban J connectivity index is 2.36. The number of carbonyl (C=O) groups excluding carboxylic acids is 1. The maximum Gasteiger partial charge on any atom is 0.203 e. The number of ketones is 1. The monoisotopic (exact) mass is 319 g/mol. The molecule has 0 aliphatic carbocycles. The molecule has 0 spiro atoms. The number of carbonyl (C=O) groups is 1. The summed E-state index contributed by atoms with van der Waals surface area (Å²) >= 11 is 11.7. The minimum Gasteiger partial charge on any atom is -0.288 e. The van der Waals surface area contributed by atoms with Crippen LogP contribution in [0.3, 0.4) is 0 Å². The molecule has 0 aliphatic rings. The predicted octanol–water partition coefficient (Wildman–Crippen LogP) is 4.92. The summed E-state index contributed by atoms with van der Waals surface area (Å²) in [5.41, 5.74) is 0.751. The highest BCUT2D eigenvalue weighted by molar-refractivity contribution is 6.42. The van der Waals surface area contributed by atoms with Crippen molar-refractivity contribution in [1.29, 1.82) is 5.26 Å². The van der Waals surface area contributed by atoms with Crippen molar-refractivity contribution < 1.29 is 9.18 Å². The van der Waals surface area contributed by atoms with Gasteiger partial charge in [0.2, 0.25) is 5.78 Å². The van der Waals surface area contributed by atoms with Gasteiger partial charge in [-0.05, 0) is 48.0 Å². The Labute approximate surface area is 131 Å². The summed E-state index contributed by atoms with van der Waals surface area (Å²) in [4.78, 5) is 12.2. The molecule has 0 amide bonds. The summed E-state index contributed by atoms with van der Waals surface area (Å²) in [7, 11) is 0. The van der Waals surface area contributed by atoms with Gasteiger partial charge in [-0.25, -0.2) is 4.39 Å². The number of halogens is 3. The zero-order chi connectivity index (χ0) is 15.4. The first-order valence-electron chi connectivity index (χ1n) is 5.88. The van der Waals surface area contributed by atoms with Gasteiger partial charge < -0.3 is 0 Å². The maximum absolute atomic E-state index is 12.8. The van der Waals surface area contributed by atoms with E-state index in [-0.39, 0.29) is 11.1 Å². The van der Waals surface area contributed by atoms with Gasteiger partial charge >= 0.3 is 0 Å². The highest BCUT2D eigenvalue weighted by atomic mass is 35.5. The summed E-state index contributed by atoms with van der Waals surface area (Å²) in [6, 6.07) is 11.6. The Morgan fingerprint density at radius 2 is 1.76 bits per heavy atom. The second-order valence-corrected chi connectivity index (χ2v) is 4.99. The van der Waals surface area contributed by atoms with Crippen LogP contribution in [-0.2, 0) is 0 Å². The van der Waals surface area contributed by atoms with Gasteiger partial charge in [-0.2, -0.15) is 5.26 Å². The summed E-state index contributed by atoms with van der Waals surface area (Å²) in [6.07, 6.45) is 1.41. The van der Waals surface area contributed by atoms with Crippen molar-refractivity contribution in [3.05, 3.63) is 75.0 Å². The maximum atomic E-state index is 12.8. The number of nitriles is 1. The van der Waals surface area contributed by atoms with Gasteiger partial charge in [0.1, 0.15) is 17.5 Å². The summed E-state index contributed by atoms with van der Waals surface area (Å²) in [6.45, 7) is 0. The van der Waals surface area contributed by atoms with Gasteiger partial charge in [0, 0.05) is 5.56 Å². The molecule has 0 atom stereocenters. The van der Waals surface area contributed by atoms with Crippen molar-refractivity contribution in [2.24, 2.45) is 0 Å². The van der Waals surface area contributed by atoms with Crippen molar-refractivity contribution in [2.75, 3.05) is 0 Å². The number of nitrogens with zero attached hydrogens (tertiary/aromatic N) is 1. The van der Waals surface area contributed by atoms with Crippen LogP contribution in [0.15, 0.2) is 48.0 Å². The molecule has 2 rings (SSSR count). The highest BCUT2D eigenvalue weighted by Gasteiger charge is 2.12. The molecule has 0 aliphatic heterocycles. The first-order chi connectivity index (χ1) is 10.0. The van der Waals surface area contributed by atoms with E-state index in [4.69, 9.17) is 28.5 Å². The molecule has 2 nitrogen and oxygen atoms in total. The largest absolute Gasteiger partial charge is 0.288 e. The molecule has 0 radical (unpaired) electrons. The molecule has 104 valence electrons. The Morgan fingerprint density at radius 3 is 2.33 bits per heavy atom. The SMILES string of the molecule is N#C/C(=C\c1ccc(Cl)c(Cl)c1)C(=O)c1ccc(F)cc1. The molecule has 5 heteroatoms. The van der Waals surface area contributed by atoms with E-state index in [1.54, 1.807) is 18.2 Å². The van der Waals surface area contributed by atoms with Crippen molar-refractivity contribution in [3.63, 3.8) is 0 Å². The van der Waals surface area contributed by atoms with E-state index in [2.05, 4.69) is 0 Å². The van der Waals surface area contributed by atoms with Crippen LogP contribution < -0.4 is 0 Å². The zero-order valence-electron chi connectivity index (χ0n) is 10.6. The predicted molar refractivity (Wildman–Crippen MR) is 80.8 cm³/mol. The lowest BCUT2D eigenvalue weighted by molar-refractivity contribution is 0.104. The fourth-order valence-corrected chi connectivity index (χ4v) is 1.98. The number of rotatable bonds is 3. The third-order valence-corrected chi connectivity index (χ3v) is 3.47. The lowest BCUT2D eigenvalue weighted by Crippen LogP contribution is -2.01. The molecule has 21 heavy (non-hydrogen) atoms. The molecular weight excluding hydrogens is 312 g/mol. The number of Topliss-reactive ketones (excluding diaryl/α,β-unsaturated/α-hetero) is 1. The Hall–Kier alpha value is -2.15. The van der Waals surface area contributed by atoms with Crippen molar-refractivity contribution >= 4 is 35.1 Å². The summed E-state index contributed by atoms with van der Waals surface area (Å²) in [5, 5.41) is 9.84. The molecule has 2 aromatic rings. The lowest BCUT2D eigenvalue weighted by atomic mass is 10.0. The molecule has 0 N–H and O–H groups in total. The molecule has 2 aromatic carbocycles. The second kappa shape index (κ2) is 6.53. The fraction of sp³-hybridized carbons (Fsp3) is 0. The van der Waals surface area contributed by atoms with E-state index < -0.39 is 11.6 Å². The van der Waals surface area contributed by atoms with Crippen LogP contribution in [0.4, 0.5) is 4.39 Å².